The van der Waals surface area contributed by atoms with Gasteiger partial charge in [0.05, 0.1) is 12.1 Å². The van der Waals surface area contributed by atoms with E-state index >= 15 is 0 Å². The van der Waals surface area contributed by atoms with Gasteiger partial charge in [-0.05, 0) is 33.6 Å². The molecule has 80 valence electrons. The molecule has 1 heterocycles. The second kappa shape index (κ2) is 5.15. The van der Waals surface area contributed by atoms with Crippen molar-refractivity contribution < 1.29 is 9.53 Å². The predicted octanol–water partition coefficient (Wildman–Crippen LogP) is 1.64. The van der Waals surface area contributed by atoms with E-state index in [2.05, 4.69) is 5.32 Å². The molecule has 3 nitrogen and oxygen atoms in total. The van der Waals surface area contributed by atoms with Crippen LogP contribution in [-0.2, 0) is 9.53 Å². The molecule has 1 aliphatic rings. The third-order valence-corrected chi connectivity index (χ3v) is 2.31. The van der Waals surface area contributed by atoms with Gasteiger partial charge in [0.15, 0.2) is 0 Å². The summed E-state index contributed by atoms with van der Waals surface area (Å²) in [5, 5.41) is 2.91. The molecule has 0 bridgehead atoms. The summed E-state index contributed by atoms with van der Waals surface area (Å²) < 4.78 is 5.49. The van der Waals surface area contributed by atoms with Crippen LogP contribution < -0.4 is 5.32 Å². The summed E-state index contributed by atoms with van der Waals surface area (Å²) in [6.45, 7) is 6.65. The van der Waals surface area contributed by atoms with Crippen molar-refractivity contribution in [1.82, 2.24) is 5.32 Å². The number of carbonyl (C=O) groups is 1. The molecule has 0 spiro atoms. The summed E-state index contributed by atoms with van der Waals surface area (Å²) in [7, 11) is 0. The van der Waals surface area contributed by atoms with Crippen molar-refractivity contribution in [3.8, 4) is 0 Å². The maximum atomic E-state index is 11.4. The van der Waals surface area contributed by atoms with E-state index in [0.717, 1.165) is 25.0 Å². The lowest BCUT2D eigenvalue weighted by Crippen LogP contribution is -2.40. The molecule has 0 aromatic carbocycles. The van der Waals surface area contributed by atoms with Crippen LogP contribution in [0.25, 0.3) is 0 Å². The number of allylic oxidation sites excluding steroid dienone is 1. The lowest BCUT2D eigenvalue weighted by atomic mass is 10.1. The van der Waals surface area contributed by atoms with Crippen LogP contribution in [0.3, 0.4) is 0 Å². The molecule has 0 aromatic heterocycles. The van der Waals surface area contributed by atoms with Crippen LogP contribution >= 0.6 is 0 Å². The van der Waals surface area contributed by atoms with Gasteiger partial charge in [-0.25, -0.2) is 0 Å². The number of hydrogen-bond acceptors (Lipinski definition) is 2. The molecule has 1 rings (SSSR count). The average Bonchev–Trinajstić information content (AvgIpc) is 2.53. The monoisotopic (exact) mass is 197 g/mol. The molecule has 1 aliphatic heterocycles. The Hall–Kier alpha value is -0.830. The third-order valence-electron chi connectivity index (χ3n) is 2.31. The van der Waals surface area contributed by atoms with E-state index in [1.54, 1.807) is 6.08 Å². The second-order valence-electron chi connectivity index (χ2n) is 4.07. The van der Waals surface area contributed by atoms with Crippen LogP contribution in [0.1, 0.15) is 33.6 Å². The predicted molar refractivity (Wildman–Crippen MR) is 56.0 cm³/mol. The van der Waals surface area contributed by atoms with Crippen molar-refractivity contribution in [2.45, 2.75) is 45.8 Å². The van der Waals surface area contributed by atoms with Crippen LogP contribution in [0.15, 0.2) is 11.6 Å². The second-order valence-corrected chi connectivity index (χ2v) is 4.07. The number of carbonyl (C=O) groups excluding carboxylic acids is 1. The summed E-state index contributed by atoms with van der Waals surface area (Å²) in [5.74, 6) is -0.0204. The molecule has 3 heteroatoms. The summed E-state index contributed by atoms with van der Waals surface area (Å²) in [6, 6.07) is 0.112. The maximum absolute atomic E-state index is 11.4. The molecule has 0 radical (unpaired) electrons. The first-order valence-electron chi connectivity index (χ1n) is 5.16. The first kappa shape index (κ1) is 11.2. The van der Waals surface area contributed by atoms with Crippen molar-refractivity contribution in [1.29, 1.82) is 0 Å². The molecular weight excluding hydrogens is 178 g/mol. The van der Waals surface area contributed by atoms with E-state index in [1.165, 1.54) is 0 Å². The highest BCUT2D eigenvalue weighted by Gasteiger charge is 2.22. The lowest BCUT2D eigenvalue weighted by Gasteiger charge is -2.19. The number of rotatable bonds is 3. The summed E-state index contributed by atoms with van der Waals surface area (Å²) in [4.78, 5) is 11.4. The van der Waals surface area contributed by atoms with Gasteiger partial charge >= 0.3 is 0 Å². The van der Waals surface area contributed by atoms with Crippen LogP contribution in [0.4, 0.5) is 0 Å². The normalized spacial score (nSPS) is 22.9. The van der Waals surface area contributed by atoms with Crippen molar-refractivity contribution in [3.05, 3.63) is 11.6 Å². The van der Waals surface area contributed by atoms with Gasteiger partial charge in [-0.15, -0.1) is 0 Å². The van der Waals surface area contributed by atoms with Gasteiger partial charge in [0.25, 0.3) is 0 Å². The topological polar surface area (TPSA) is 38.3 Å². The number of amides is 1. The largest absolute Gasteiger partial charge is 0.376 e. The van der Waals surface area contributed by atoms with Crippen molar-refractivity contribution >= 4 is 5.91 Å². The van der Waals surface area contributed by atoms with Crippen LogP contribution in [0.5, 0.6) is 0 Å². The molecule has 1 amide bonds. The van der Waals surface area contributed by atoms with Gasteiger partial charge in [0.1, 0.15) is 0 Å². The van der Waals surface area contributed by atoms with Crippen molar-refractivity contribution in [2.75, 3.05) is 6.61 Å². The van der Waals surface area contributed by atoms with Gasteiger partial charge in [-0.3, -0.25) is 4.79 Å². The van der Waals surface area contributed by atoms with Crippen molar-refractivity contribution in [2.24, 2.45) is 0 Å². The fourth-order valence-corrected chi connectivity index (χ4v) is 1.62. The van der Waals surface area contributed by atoms with Crippen molar-refractivity contribution in [3.63, 3.8) is 0 Å². The van der Waals surface area contributed by atoms with Crippen LogP contribution in [0, 0.1) is 0 Å². The smallest absolute Gasteiger partial charge is 0.244 e. The Morgan fingerprint density at radius 1 is 1.57 bits per heavy atom. The quantitative estimate of drug-likeness (QED) is 0.698. The summed E-state index contributed by atoms with van der Waals surface area (Å²) in [5.41, 5.74) is 1.02. The molecule has 0 saturated carbocycles. The van der Waals surface area contributed by atoms with E-state index in [1.807, 2.05) is 20.8 Å². The Kier molecular flexibility index (Phi) is 4.14. The van der Waals surface area contributed by atoms with Gasteiger partial charge in [0, 0.05) is 12.7 Å². The highest BCUT2D eigenvalue weighted by molar-refractivity contribution is 5.88. The molecule has 0 aromatic rings. The Morgan fingerprint density at radius 3 is 2.79 bits per heavy atom. The molecule has 2 atom stereocenters. The first-order chi connectivity index (χ1) is 6.59. The number of nitrogens with one attached hydrogen (secondary N) is 1. The molecule has 14 heavy (non-hydrogen) atoms. The highest BCUT2D eigenvalue weighted by atomic mass is 16.5. The lowest BCUT2D eigenvalue weighted by molar-refractivity contribution is -0.117. The molecule has 0 aliphatic carbocycles. The molecule has 1 N–H and O–H groups in total. The van der Waals surface area contributed by atoms with Gasteiger partial charge < -0.3 is 10.1 Å². The standard InChI is InChI=1S/C11H19NO2/c1-8(2)7-11(13)12-9(3)10-5-4-6-14-10/h7,9-10H,4-6H2,1-3H3,(H,12,13). The highest BCUT2D eigenvalue weighted by Crippen LogP contribution is 2.15. The maximum Gasteiger partial charge on any atom is 0.244 e. The molecule has 1 saturated heterocycles. The zero-order valence-electron chi connectivity index (χ0n) is 9.17. The number of hydrogen-bond donors (Lipinski definition) is 1. The fraction of sp³-hybridized carbons (Fsp3) is 0.727. The Bertz CT molecular complexity index is 225. The van der Waals surface area contributed by atoms with E-state index in [4.69, 9.17) is 4.74 Å². The van der Waals surface area contributed by atoms with Gasteiger partial charge in [-0.1, -0.05) is 5.57 Å². The Labute approximate surface area is 85.5 Å². The van der Waals surface area contributed by atoms with Crippen LogP contribution in [0.2, 0.25) is 0 Å². The number of ether oxygens (including phenoxy) is 1. The third kappa shape index (κ3) is 3.50. The molecule has 1 fully saturated rings. The van der Waals surface area contributed by atoms with Gasteiger partial charge in [-0.2, -0.15) is 0 Å². The Balaban J connectivity index is 2.35. The minimum atomic E-state index is -0.0204. The first-order valence-corrected chi connectivity index (χ1v) is 5.16. The zero-order valence-corrected chi connectivity index (χ0v) is 9.17. The van der Waals surface area contributed by atoms with Crippen LogP contribution in [-0.4, -0.2) is 24.7 Å². The van der Waals surface area contributed by atoms with E-state index in [9.17, 15) is 4.79 Å². The average molecular weight is 197 g/mol. The SMILES string of the molecule is CC(C)=CC(=O)NC(C)C1CCCO1. The van der Waals surface area contributed by atoms with E-state index < -0.39 is 0 Å². The summed E-state index contributed by atoms with van der Waals surface area (Å²) in [6.07, 6.45) is 3.97. The minimum absolute atomic E-state index is 0.0204. The van der Waals surface area contributed by atoms with E-state index in [0.29, 0.717) is 0 Å². The zero-order chi connectivity index (χ0) is 10.6. The van der Waals surface area contributed by atoms with Gasteiger partial charge in [0.2, 0.25) is 5.91 Å². The minimum Gasteiger partial charge on any atom is -0.376 e. The molecule has 2 unspecified atom stereocenters. The Morgan fingerprint density at radius 2 is 2.29 bits per heavy atom. The molecular formula is C11H19NO2. The van der Waals surface area contributed by atoms with E-state index in [-0.39, 0.29) is 18.1 Å². The summed E-state index contributed by atoms with van der Waals surface area (Å²) >= 11 is 0. The fourth-order valence-electron chi connectivity index (χ4n) is 1.62.